The summed E-state index contributed by atoms with van der Waals surface area (Å²) in [4.78, 5) is 3.90. The number of nitrogens with zero attached hydrogens (tertiary/aromatic N) is 1. The molecule has 0 aliphatic carbocycles. The van der Waals surface area contributed by atoms with Gasteiger partial charge >= 0.3 is 0 Å². The Balaban J connectivity index is 2.51. The Hall–Kier alpha value is -0.300. The van der Waals surface area contributed by atoms with E-state index in [9.17, 15) is 8.42 Å². The molecule has 7 heteroatoms. The van der Waals surface area contributed by atoms with Crippen molar-refractivity contribution in [3.05, 3.63) is 23.5 Å². The van der Waals surface area contributed by atoms with Gasteiger partial charge in [-0.2, -0.15) is 11.8 Å². The lowest BCUT2D eigenvalue weighted by molar-refractivity contribution is 0.578. The molecule has 1 heterocycles. The Morgan fingerprint density at radius 2 is 2.24 bits per heavy atom. The molecule has 1 aromatic rings. The zero-order valence-electron chi connectivity index (χ0n) is 9.52. The van der Waals surface area contributed by atoms with Crippen molar-refractivity contribution in [3.8, 4) is 0 Å². The number of unbranched alkanes of at least 4 members (excludes halogenated alkanes) is 1. The minimum Gasteiger partial charge on any atom is -0.244 e. The zero-order valence-corrected chi connectivity index (χ0v) is 11.9. The van der Waals surface area contributed by atoms with Crippen molar-refractivity contribution in [3.63, 3.8) is 0 Å². The van der Waals surface area contributed by atoms with Crippen LogP contribution in [-0.2, 0) is 10.0 Å². The van der Waals surface area contributed by atoms with Crippen LogP contribution in [0.5, 0.6) is 0 Å². The maximum Gasteiger partial charge on any atom is 0.240 e. The molecular weight excluding hydrogens is 280 g/mol. The number of nitrogens with one attached hydrogen (secondary N) is 1. The van der Waals surface area contributed by atoms with Crippen LogP contribution in [0.1, 0.15) is 12.8 Å². The highest BCUT2D eigenvalue weighted by molar-refractivity contribution is 7.98. The molecule has 1 rings (SSSR count). The predicted octanol–water partition coefficient (Wildman–Crippen LogP) is 2.16. The molecule has 0 radical (unpaired) electrons. The molecule has 0 spiro atoms. The molecule has 0 aliphatic rings. The second-order valence-corrected chi connectivity index (χ2v) is 6.55. The molecule has 0 amide bonds. The topological polar surface area (TPSA) is 59.1 Å². The molecule has 0 saturated heterocycles. The van der Waals surface area contributed by atoms with Crippen LogP contribution in [0.25, 0.3) is 0 Å². The van der Waals surface area contributed by atoms with Gasteiger partial charge in [0, 0.05) is 12.7 Å². The van der Waals surface area contributed by atoms with E-state index in [0.29, 0.717) is 6.54 Å². The molecular formula is C10H15ClN2O2S2. The average Bonchev–Trinajstić information content (AvgIpc) is 2.29. The summed E-state index contributed by atoms with van der Waals surface area (Å²) in [6, 6.07) is 2.77. The first-order valence-electron chi connectivity index (χ1n) is 5.16. The number of sulfonamides is 1. The van der Waals surface area contributed by atoms with E-state index in [1.54, 1.807) is 11.8 Å². The lowest BCUT2D eigenvalue weighted by Crippen LogP contribution is -2.24. The van der Waals surface area contributed by atoms with Crippen molar-refractivity contribution in [2.24, 2.45) is 0 Å². The van der Waals surface area contributed by atoms with E-state index in [1.807, 2.05) is 6.26 Å². The zero-order chi connectivity index (χ0) is 12.7. The summed E-state index contributed by atoms with van der Waals surface area (Å²) in [6.45, 7) is 0.447. The van der Waals surface area contributed by atoms with E-state index >= 15 is 0 Å². The summed E-state index contributed by atoms with van der Waals surface area (Å²) in [5.74, 6) is 1.04. The molecule has 0 fully saturated rings. The van der Waals surface area contributed by atoms with Crippen molar-refractivity contribution < 1.29 is 8.42 Å². The quantitative estimate of drug-likeness (QED) is 0.618. The van der Waals surface area contributed by atoms with Gasteiger partial charge in [0.05, 0.1) is 4.90 Å². The van der Waals surface area contributed by atoms with Gasteiger partial charge in [-0.05, 0) is 37.0 Å². The van der Waals surface area contributed by atoms with E-state index in [1.165, 1.54) is 18.3 Å². The first-order valence-corrected chi connectivity index (χ1v) is 8.42. The molecule has 0 saturated carbocycles. The van der Waals surface area contributed by atoms with Crippen LogP contribution in [-0.4, -0.2) is 32.0 Å². The third-order valence-corrected chi connectivity index (χ3v) is 4.44. The maximum atomic E-state index is 11.8. The third-order valence-electron chi connectivity index (χ3n) is 2.08. The largest absolute Gasteiger partial charge is 0.244 e. The smallest absolute Gasteiger partial charge is 0.240 e. The van der Waals surface area contributed by atoms with Crippen molar-refractivity contribution in [2.45, 2.75) is 17.7 Å². The van der Waals surface area contributed by atoms with Crippen LogP contribution < -0.4 is 4.72 Å². The Morgan fingerprint density at radius 3 is 2.88 bits per heavy atom. The van der Waals surface area contributed by atoms with Crippen molar-refractivity contribution >= 4 is 33.4 Å². The number of halogens is 1. The number of rotatable bonds is 7. The van der Waals surface area contributed by atoms with Gasteiger partial charge in [-0.3, -0.25) is 0 Å². The summed E-state index contributed by atoms with van der Waals surface area (Å²) in [5.41, 5.74) is 0. The fourth-order valence-corrected chi connectivity index (χ4v) is 3.03. The monoisotopic (exact) mass is 294 g/mol. The van der Waals surface area contributed by atoms with Gasteiger partial charge < -0.3 is 0 Å². The van der Waals surface area contributed by atoms with Crippen molar-refractivity contribution in [1.82, 2.24) is 9.71 Å². The molecule has 96 valence electrons. The molecule has 4 nitrogen and oxygen atoms in total. The standard InChI is InChI=1S/C10H15ClN2O2S2/c1-16-7-3-2-5-13-17(14,15)9-4-6-12-10(11)8-9/h4,6,8,13H,2-3,5,7H2,1H3. The Labute approximate surface area is 111 Å². The van der Waals surface area contributed by atoms with Crippen LogP contribution in [0.15, 0.2) is 23.2 Å². The SMILES string of the molecule is CSCCCCNS(=O)(=O)c1ccnc(Cl)c1. The van der Waals surface area contributed by atoms with Crippen molar-refractivity contribution in [1.29, 1.82) is 0 Å². The highest BCUT2D eigenvalue weighted by Gasteiger charge is 2.13. The van der Waals surface area contributed by atoms with Crippen LogP contribution in [0.4, 0.5) is 0 Å². The fraction of sp³-hybridized carbons (Fsp3) is 0.500. The molecule has 0 atom stereocenters. The third kappa shape index (κ3) is 5.25. The van der Waals surface area contributed by atoms with Gasteiger partial charge in [0.1, 0.15) is 5.15 Å². The van der Waals surface area contributed by atoms with E-state index in [2.05, 4.69) is 9.71 Å². The number of pyridine rings is 1. The second kappa shape index (κ2) is 7.20. The lowest BCUT2D eigenvalue weighted by Gasteiger charge is -2.06. The molecule has 0 bridgehead atoms. The minimum atomic E-state index is -3.45. The molecule has 0 aliphatic heterocycles. The summed E-state index contributed by atoms with van der Waals surface area (Å²) in [7, 11) is -3.45. The number of aromatic nitrogens is 1. The maximum absolute atomic E-state index is 11.8. The molecule has 0 unspecified atom stereocenters. The summed E-state index contributed by atoms with van der Waals surface area (Å²) in [5, 5.41) is 0.176. The lowest BCUT2D eigenvalue weighted by atomic mass is 10.3. The van der Waals surface area contributed by atoms with Gasteiger partial charge in [-0.25, -0.2) is 18.1 Å². The minimum absolute atomic E-state index is 0.155. The van der Waals surface area contributed by atoms with Gasteiger partial charge in [-0.1, -0.05) is 11.6 Å². The number of thioether (sulfide) groups is 1. The molecule has 1 N–H and O–H groups in total. The molecule has 0 aromatic carbocycles. The van der Waals surface area contributed by atoms with Crippen LogP contribution in [0.2, 0.25) is 5.15 Å². The first kappa shape index (κ1) is 14.8. The van der Waals surface area contributed by atoms with E-state index < -0.39 is 10.0 Å². The average molecular weight is 295 g/mol. The van der Waals surface area contributed by atoms with Crippen LogP contribution in [0, 0.1) is 0 Å². The van der Waals surface area contributed by atoms with Gasteiger partial charge in [0.15, 0.2) is 0 Å². The predicted molar refractivity (Wildman–Crippen MR) is 72.1 cm³/mol. The molecule has 1 aromatic heterocycles. The van der Waals surface area contributed by atoms with Gasteiger partial charge in [-0.15, -0.1) is 0 Å². The van der Waals surface area contributed by atoms with Crippen LogP contribution in [0.3, 0.4) is 0 Å². The number of hydrogen-bond donors (Lipinski definition) is 1. The summed E-state index contributed by atoms with van der Waals surface area (Å²) >= 11 is 7.40. The van der Waals surface area contributed by atoms with Gasteiger partial charge in [0.25, 0.3) is 0 Å². The normalized spacial score (nSPS) is 11.6. The molecule has 17 heavy (non-hydrogen) atoms. The Bertz CT molecular complexity index is 451. The van der Waals surface area contributed by atoms with Crippen molar-refractivity contribution in [2.75, 3.05) is 18.6 Å². The summed E-state index contributed by atoms with van der Waals surface area (Å²) in [6.07, 6.45) is 5.24. The fourth-order valence-electron chi connectivity index (χ4n) is 1.21. The highest BCUT2D eigenvalue weighted by Crippen LogP contribution is 2.12. The highest BCUT2D eigenvalue weighted by atomic mass is 35.5. The Morgan fingerprint density at radius 1 is 1.47 bits per heavy atom. The van der Waals surface area contributed by atoms with E-state index in [-0.39, 0.29) is 10.0 Å². The first-order chi connectivity index (χ1) is 8.06. The summed E-state index contributed by atoms with van der Waals surface area (Å²) < 4.78 is 26.2. The van der Waals surface area contributed by atoms with E-state index in [4.69, 9.17) is 11.6 Å². The second-order valence-electron chi connectivity index (χ2n) is 3.41. The van der Waals surface area contributed by atoms with Crippen LogP contribution >= 0.6 is 23.4 Å². The van der Waals surface area contributed by atoms with E-state index in [0.717, 1.165) is 18.6 Å². The van der Waals surface area contributed by atoms with Gasteiger partial charge in [0.2, 0.25) is 10.0 Å². The number of hydrogen-bond acceptors (Lipinski definition) is 4. The Kier molecular flexibility index (Phi) is 6.26.